The number of hydrogen-bond acceptors (Lipinski definition) is 0. The Hall–Kier alpha value is -2.09. The van der Waals surface area contributed by atoms with Crippen molar-refractivity contribution >= 4 is 44.2 Å². The smallest absolute Gasteiger partial charge is 0.122 e. The number of hydrogen-bond donors (Lipinski definition) is 0. The van der Waals surface area contributed by atoms with E-state index in [2.05, 4.69) is 26.3 Å². The minimum atomic E-state index is -0.111. The van der Waals surface area contributed by atoms with Gasteiger partial charge in [-0.2, -0.15) is 11.1 Å². The highest BCUT2D eigenvalue weighted by Crippen LogP contribution is 2.07. The van der Waals surface area contributed by atoms with Crippen LogP contribution in [0.1, 0.15) is 22.3 Å². The highest BCUT2D eigenvalue weighted by atomic mass is 35.6. The average Bonchev–Trinajstić information content (AvgIpc) is 2.63. The average molecular weight is 341 g/mol. The summed E-state index contributed by atoms with van der Waals surface area (Å²) < 4.78 is 0. The summed E-state index contributed by atoms with van der Waals surface area (Å²) in [7, 11) is -0.111. The Morgan fingerprint density at radius 1 is 0.696 bits per heavy atom. The molecule has 0 unspecified atom stereocenters. The third-order valence-corrected chi connectivity index (χ3v) is 2.76. The molecular weight excluding hydrogens is 316 g/mol. The standard InChI is InChI=1S/2C10H10.CH5ClSi/c2*1-3-9-6-5-7-10(4-2)8-9;1-3-2/h2*3-8H,1-2H2;3H2,1H3. The third kappa shape index (κ3) is 9.51. The lowest BCUT2D eigenvalue weighted by atomic mass is 10.1. The Kier molecular flexibility index (Phi) is 12.3. The van der Waals surface area contributed by atoms with Gasteiger partial charge in [-0.05, 0) is 34.4 Å². The second-order valence-corrected chi connectivity index (χ2v) is 6.56. The van der Waals surface area contributed by atoms with E-state index in [0.29, 0.717) is 0 Å². The fourth-order valence-electron chi connectivity index (χ4n) is 1.63. The van der Waals surface area contributed by atoms with Crippen molar-refractivity contribution < 1.29 is 0 Å². The van der Waals surface area contributed by atoms with E-state index in [4.69, 9.17) is 11.1 Å². The van der Waals surface area contributed by atoms with Gasteiger partial charge in [-0.1, -0.05) is 93.6 Å². The van der Waals surface area contributed by atoms with Crippen molar-refractivity contribution in [2.45, 2.75) is 6.55 Å². The van der Waals surface area contributed by atoms with Crippen LogP contribution in [0.4, 0.5) is 0 Å². The van der Waals surface area contributed by atoms with Crippen LogP contribution >= 0.6 is 11.1 Å². The summed E-state index contributed by atoms with van der Waals surface area (Å²) in [6.07, 6.45) is 7.31. The summed E-state index contributed by atoms with van der Waals surface area (Å²) in [4.78, 5) is 0. The molecule has 0 saturated heterocycles. The quantitative estimate of drug-likeness (QED) is 0.452. The molecule has 0 aliphatic rings. The largest absolute Gasteiger partial charge is 0.176 e. The minimum absolute atomic E-state index is 0.111. The molecule has 0 amide bonds. The van der Waals surface area contributed by atoms with Crippen molar-refractivity contribution in [1.82, 2.24) is 0 Å². The third-order valence-electron chi connectivity index (χ3n) is 2.76. The lowest BCUT2D eigenvalue weighted by Crippen LogP contribution is -1.72. The lowest BCUT2D eigenvalue weighted by Gasteiger charge is -1.93. The molecule has 2 aromatic carbocycles. The molecule has 0 aliphatic carbocycles. The van der Waals surface area contributed by atoms with E-state index in [0.717, 1.165) is 22.3 Å². The van der Waals surface area contributed by atoms with Gasteiger partial charge in [0, 0.05) is 0 Å². The van der Waals surface area contributed by atoms with Gasteiger partial charge in [0.15, 0.2) is 0 Å². The molecule has 2 heteroatoms. The van der Waals surface area contributed by atoms with Crippen molar-refractivity contribution in [3.8, 4) is 0 Å². The Balaban J connectivity index is 0.000000360. The van der Waals surface area contributed by atoms with Crippen LogP contribution in [0.5, 0.6) is 0 Å². The molecule has 23 heavy (non-hydrogen) atoms. The lowest BCUT2D eigenvalue weighted by molar-refractivity contribution is 1.63. The van der Waals surface area contributed by atoms with Gasteiger partial charge in [0.2, 0.25) is 0 Å². The zero-order chi connectivity index (χ0) is 17.5. The maximum Gasteiger partial charge on any atom is 0.122 e. The first-order valence-corrected chi connectivity index (χ1v) is 11.0. The summed E-state index contributed by atoms with van der Waals surface area (Å²) in [5.41, 5.74) is 4.55. The summed E-state index contributed by atoms with van der Waals surface area (Å²) >= 11 is 5.14. The van der Waals surface area contributed by atoms with Crippen molar-refractivity contribution in [3.63, 3.8) is 0 Å². The zero-order valence-electron chi connectivity index (χ0n) is 13.8. The van der Waals surface area contributed by atoms with Crippen molar-refractivity contribution in [2.24, 2.45) is 0 Å². The number of rotatable bonds is 4. The number of halogens is 1. The molecule has 0 heterocycles. The van der Waals surface area contributed by atoms with Crippen LogP contribution < -0.4 is 0 Å². The van der Waals surface area contributed by atoms with Gasteiger partial charge in [0.05, 0.1) is 0 Å². The van der Waals surface area contributed by atoms with Gasteiger partial charge in [-0.15, -0.1) is 0 Å². The van der Waals surface area contributed by atoms with Crippen molar-refractivity contribution in [2.75, 3.05) is 0 Å². The summed E-state index contributed by atoms with van der Waals surface area (Å²) in [6, 6.07) is 16.1. The molecule has 2 rings (SSSR count). The summed E-state index contributed by atoms with van der Waals surface area (Å²) in [6.45, 7) is 16.7. The van der Waals surface area contributed by atoms with E-state index in [1.54, 1.807) is 0 Å². The van der Waals surface area contributed by atoms with Crippen LogP contribution in [0.15, 0.2) is 74.8 Å². The molecule has 0 aromatic heterocycles. The van der Waals surface area contributed by atoms with Crippen LogP contribution in [-0.4, -0.2) is 8.83 Å². The van der Waals surface area contributed by atoms with Crippen LogP contribution in [0.3, 0.4) is 0 Å². The highest BCUT2D eigenvalue weighted by molar-refractivity contribution is 6.92. The van der Waals surface area contributed by atoms with Crippen molar-refractivity contribution in [1.29, 1.82) is 0 Å². The summed E-state index contributed by atoms with van der Waals surface area (Å²) in [5, 5.41) is 0. The van der Waals surface area contributed by atoms with Crippen LogP contribution in [-0.2, 0) is 0 Å². The SMILES string of the molecule is C=Cc1cccc(C=C)c1.C=Cc1cccc(C=C)c1.C[SiH2]Cl. The fraction of sp³-hybridized carbons (Fsp3) is 0.0476. The fourth-order valence-corrected chi connectivity index (χ4v) is 1.63. The molecule has 120 valence electrons. The maximum atomic E-state index is 5.14. The first kappa shape index (κ1) is 20.9. The molecule has 0 atom stereocenters. The van der Waals surface area contributed by atoms with E-state index >= 15 is 0 Å². The van der Waals surface area contributed by atoms with Gasteiger partial charge in [-0.25, -0.2) is 0 Å². The molecule has 2 aromatic rings. The molecule has 0 spiro atoms. The molecule has 0 nitrogen and oxygen atoms in total. The molecule has 0 saturated carbocycles. The minimum Gasteiger partial charge on any atom is -0.176 e. The normalized spacial score (nSPS) is 8.96. The molecular formula is C21H25ClSi. The zero-order valence-corrected chi connectivity index (χ0v) is 16.0. The van der Waals surface area contributed by atoms with Gasteiger partial charge < -0.3 is 0 Å². The Labute approximate surface area is 148 Å². The van der Waals surface area contributed by atoms with E-state index in [9.17, 15) is 0 Å². The van der Waals surface area contributed by atoms with E-state index < -0.39 is 0 Å². The Morgan fingerprint density at radius 2 is 0.913 bits per heavy atom. The molecule has 0 fully saturated rings. The van der Waals surface area contributed by atoms with Crippen LogP contribution in [0, 0.1) is 0 Å². The van der Waals surface area contributed by atoms with Gasteiger partial charge in [0.25, 0.3) is 0 Å². The maximum absolute atomic E-state index is 5.14. The molecule has 0 N–H and O–H groups in total. The Morgan fingerprint density at radius 3 is 1.09 bits per heavy atom. The highest BCUT2D eigenvalue weighted by Gasteiger charge is 1.86. The monoisotopic (exact) mass is 340 g/mol. The first-order valence-electron chi connectivity index (χ1n) is 7.40. The van der Waals surface area contributed by atoms with Crippen LogP contribution in [0.2, 0.25) is 6.55 Å². The topological polar surface area (TPSA) is 0 Å². The Bertz CT molecular complexity index is 527. The number of benzene rings is 2. The van der Waals surface area contributed by atoms with Crippen molar-refractivity contribution in [3.05, 3.63) is 97.1 Å². The second-order valence-electron chi connectivity index (χ2n) is 4.42. The van der Waals surface area contributed by atoms with Gasteiger partial charge in [-0.3, -0.25) is 0 Å². The molecule has 0 radical (unpaired) electrons. The predicted octanol–water partition coefficient (Wildman–Crippen LogP) is 6.30. The van der Waals surface area contributed by atoms with Crippen LogP contribution in [0.25, 0.3) is 24.3 Å². The first-order chi connectivity index (χ1) is 11.1. The van der Waals surface area contributed by atoms with E-state index in [1.807, 2.05) is 79.4 Å². The summed E-state index contributed by atoms with van der Waals surface area (Å²) in [5.74, 6) is 0. The molecule has 0 bridgehead atoms. The van der Waals surface area contributed by atoms with E-state index in [-0.39, 0.29) is 8.83 Å². The molecule has 0 aliphatic heterocycles. The van der Waals surface area contributed by atoms with Gasteiger partial charge in [0.1, 0.15) is 8.83 Å². The van der Waals surface area contributed by atoms with Gasteiger partial charge >= 0.3 is 0 Å². The predicted molar refractivity (Wildman–Crippen MR) is 114 cm³/mol. The second kappa shape index (κ2) is 13.6. The van der Waals surface area contributed by atoms with E-state index in [1.165, 1.54) is 0 Å².